The van der Waals surface area contributed by atoms with Crippen molar-refractivity contribution in [3.8, 4) is 11.5 Å². The molecule has 0 bridgehead atoms. The second-order valence-corrected chi connectivity index (χ2v) is 8.59. The van der Waals surface area contributed by atoms with Gasteiger partial charge < -0.3 is 19.4 Å². The molecule has 6 nitrogen and oxygen atoms in total. The summed E-state index contributed by atoms with van der Waals surface area (Å²) in [6, 6.07) is 23.2. The Kier molecular flexibility index (Phi) is 8.03. The van der Waals surface area contributed by atoms with Crippen LogP contribution in [0, 0.1) is 0 Å². The molecule has 0 aliphatic carbocycles. The van der Waals surface area contributed by atoms with Crippen molar-refractivity contribution in [1.29, 1.82) is 0 Å². The van der Waals surface area contributed by atoms with Crippen LogP contribution in [0.2, 0.25) is 0 Å². The number of carbonyl (C=O) groups is 1. The van der Waals surface area contributed by atoms with Gasteiger partial charge in [-0.05, 0) is 80.3 Å². The zero-order chi connectivity index (χ0) is 24.6. The number of fused-ring (bicyclic) bond motifs is 1. The predicted molar refractivity (Wildman–Crippen MR) is 139 cm³/mol. The monoisotopic (exact) mass is 471 g/mol. The van der Waals surface area contributed by atoms with E-state index in [1.807, 2.05) is 37.3 Å². The molecule has 1 N–H and O–H groups in total. The summed E-state index contributed by atoms with van der Waals surface area (Å²) in [5.41, 5.74) is 3.90. The molecule has 0 radical (unpaired) electrons. The third kappa shape index (κ3) is 6.01. The first-order chi connectivity index (χ1) is 17.1. The third-order valence-electron chi connectivity index (χ3n) is 6.15. The lowest BCUT2D eigenvalue weighted by Gasteiger charge is -2.17. The van der Waals surface area contributed by atoms with Crippen molar-refractivity contribution in [2.24, 2.45) is 0 Å². The molecule has 3 aromatic carbocycles. The molecule has 1 atom stereocenters. The number of methoxy groups -OCH3 is 1. The maximum atomic E-state index is 12.8. The Hall–Kier alpha value is -3.80. The van der Waals surface area contributed by atoms with Crippen molar-refractivity contribution in [3.63, 3.8) is 0 Å². The molecule has 1 aromatic heterocycles. The summed E-state index contributed by atoms with van der Waals surface area (Å²) in [6.45, 7) is 5.59. The number of imidazole rings is 1. The number of amides is 1. The quantitative estimate of drug-likeness (QED) is 0.274. The van der Waals surface area contributed by atoms with Crippen molar-refractivity contribution < 1.29 is 14.3 Å². The number of hydrogen-bond acceptors (Lipinski definition) is 4. The first kappa shape index (κ1) is 24.3. The zero-order valence-electron chi connectivity index (χ0n) is 20.7. The first-order valence-corrected chi connectivity index (χ1v) is 12.2. The van der Waals surface area contributed by atoms with E-state index in [1.165, 1.54) is 5.56 Å². The minimum atomic E-state index is -0.245. The van der Waals surface area contributed by atoms with Crippen molar-refractivity contribution >= 4 is 16.9 Å². The molecule has 4 aromatic rings. The normalized spacial score (nSPS) is 11.9. The minimum absolute atomic E-state index is 0.138. The van der Waals surface area contributed by atoms with Crippen LogP contribution < -0.4 is 14.8 Å². The topological polar surface area (TPSA) is 65.4 Å². The zero-order valence-corrected chi connectivity index (χ0v) is 20.7. The lowest BCUT2D eigenvalue weighted by atomic mass is 10.2. The van der Waals surface area contributed by atoms with Crippen LogP contribution in [0.3, 0.4) is 0 Å². The highest BCUT2D eigenvalue weighted by atomic mass is 16.5. The van der Waals surface area contributed by atoms with Crippen molar-refractivity contribution in [2.45, 2.75) is 45.7 Å². The lowest BCUT2D eigenvalue weighted by molar-refractivity contribution is 0.0937. The number of unbranched alkanes of at least 4 members (excludes halogenated alkanes) is 1. The lowest BCUT2D eigenvalue weighted by Crippen LogP contribution is -2.28. The van der Waals surface area contributed by atoms with Crippen LogP contribution >= 0.6 is 0 Å². The van der Waals surface area contributed by atoms with Crippen LogP contribution in [0.5, 0.6) is 11.5 Å². The maximum Gasteiger partial charge on any atom is 0.251 e. The highest BCUT2D eigenvalue weighted by molar-refractivity contribution is 5.94. The van der Waals surface area contributed by atoms with Gasteiger partial charge in [-0.25, -0.2) is 4.98 Å². The van der Waals surface area contributed by atoms with Crippen LogP contribution in [-0.2, 0) is 13.0 Å². The Morgan fingerprint density at radius 2 is 1.69 bits per heavy atom. The van der Waals surface area contributed by atoms with Gasteiger partial charge in [0.2, 0.25) is 0 Å². The number of aryl methyl sites for hydroxylation is 2. The van der Waals surface area contributed by atoms with Gasteiger partial charge in [0.25, 0.3) is 5.91 Å². The van der Waals surface area contributed by atoms with E-state index >= 15 is 0 Å². The van der Waals surface area contributed by atoms with Crippen LogP contribution in [-0.4, -0.2) is 29.2 Å². The minimum Gasteiger partial charge on any atom is -0.497 e. The van der Waals surface area contributed by atoms with Gasteiger partial charge in [-0.2, -0.15) is 0 Å². The van der Waals surface area contributed by atoms with E-state index in [9.17, 15) is 4.79 Å². The van der Waals surface area contributed by atoms with E-state index < -0.39 is 0 Å². The average molecular weight is 472 g/mol. The summed E-state index contributed by atoms with van der Waals surface area (Å²) in [5.74, 6) is 2.34. The van der Waals surface area contributed by atoms with E-state index in [1.54, 1.807) is 31.4 Å². The fourth-order valence-electron chi connectivity index (χ4n) is 4.13. The highest BCUT2D eigenvalue weighted by Crippen LogP contribution is 2.22. The Morgan fingerprint density at radius 1 is 0.971 bits per heavy atom. The first-order valence-electron chi connectivity index (χ1n) is 12.2. The predicted octanol–water partition coefficient (Wildman–Crippen LogP) is 5.96. The number of carbonyl (C=O) groups excluding carboxylic acids is 1. The summed E-state index contributed by atoms with van der Waals surface area (Å²) in [6.07, 6.45) is 2.90. The molecule has 6 heteroatoms. The van der Waals surface area contributed by atoms with E-state index in [0.717, 1.165) is 54.2 Å². The molecule has 1 amide bonds. The number of ether oxygens (including phenoxy) is 2. The largest absolute Gasteiger partial charge is 0.497 e. The van der Waals surface area contributed by atoms with Gasteiger partial charge in [0.05, 0.1) is 30.8 Å². The van der Waals surface area contributed by atoms with E-state index in [4.69, 9.17) is 14.5 Å². The van der Waals surface area contributed by atoms with E-state index in [2.05, 4.69) is 35.0 Å². The van der Waals surface area contributed by atoms with E-state index in [0.29, 0.717) is 12.2 Å². The number of aromatic nitrogens is 2. The standard InChI is InChI=1S/C29H33N3O3/c1-4-22-11-15-25(16-12-22)35-20-8-7-19-32-27-10-6-5-9-26(27)31-28(32)21(2)30-29(33)23-13-17-24(34-3)18-14-23/h5-6,9-18,21H,4,7-8,19-20H2,1-3H3,(H,30,33). The number of para-hydroxylation sites is 2. The maximum absolute atomic E-state index is 12.8. The Morgan fingerprint density at radius 3 is 2.40 bits per heavy atom. The molecule has 0 saturated heterocycles. The van der Waals surface area contributed by atoms with Crippen LogP contribution in [0.25, 0.3) is 11.0 Å². The summed E-state index contributed by atoms with van der Waals surface area (Å²) in [5, 5.41) is 3.10. The smallest absolute Gasteiger partial charge is 0.251 e. The number of hydrogen-bond donors (Lipinski definition) is 1. The summed E-state index contributed by atoms with van der Waals surface area (Å²) >= 11 is 0. The van der Waals surface area contributed by atoms with Crippen molar-refractivity contribution in [3.05, 3.63) is 89.7 Å². The molecular weight excluding hydrogens is 438 g/mol. The van der Waals surface area contributed by atoms with E-state index in [-0.39, 0.29) is 11.9 Å². The summed E-state index contributed by atoms with van der Waals surface area (Å²) < 4.78 is 13.3. The molecule has 0 aliphatic heterocycles. The summed E-state index contributed by atoms with van der Waals surface area (Å²) in [7, 11) is 1.61. The van der Waals surface area contributed by atoms with Crippen molar-refractivity contribution in [2.75, 3.05) is 13.7 Å². The molecule has 35 heavy (non-hydrogen) atoms. The molecule has 182 valence electrons. The second kappa shape index (κ2) is 11.6. The Balaban J connectivity index is 1.39. The van der Waals surface area contributed by atoms with Crippen LogP contribution in [0.4, 0.5) is 0 Å². The van der Waals surface area contributed by atoms with Crippen LogP contribution in [0.15, 0.2) is 72.8 Å². The molecule has 1 unspecified atom stereocenters. The number of benzene rings is 3. The summed E-state index contributed by atoms with van der Waals surface area (Å²) in [4.78, 5) is 17.7. The van der Waals surface area contributed by atoms with Gasteiger partial charge >= 0.3 is 0 Å². The number of nitrogens with one attached hydrogen (secondary N) is 1. The fourth-order valence-corrected chi connectivity index (χ4v) is 4.13. The fraction of sp³-hybridized carbons (Fsp3) is 0.310. The van der Waals surface area contributed by atoms with Gasteiger partial charge in [-0.3, -0.25) is 4.79 Å². The third-order valence-corrected chi connectivity index (χ3v) is 6.15. The highest BCUT2D eigenvalue weighted by Gasteiger charge is 2.19. The Bertz CT molecular complexity index is 1250. The molecule has 1 heterocycles. The van der Waals surface area contributed by atoms with Crippen LogP contribution in [0.1, 0.15) is 54.5 Å². The van der Waals surface area contributed by atoms with Gasteiger partial charge in [0, 0.05) is 12.1 Å². The average Bonchev–Trinajstić information content (AvgIpc) is 3.27. The van der Waals surface area contributed by atoms with Gasteiger partial charge in [0.1, 0.15) is 17.3 Å². The number of nitrogens with zero attached hydrogens (tertiary/aromatic N) is 2. The van der Waals surface area contributed by atoms with Crippen molar-refractivity contribution in [1.82, 2.24) is 14.9 Å². The molecule has 0 saturated carbocycles. The van der Waals surface area contributed by atoms with Gasteiger partial charge in [-0.1, -0.05) is 31.2 Å². The molecule has 0 spiro atoms. The SMILES string of the molecule is CCc1ccc(OCCCCn2c(C(C)NC(=O)c3ccc(OC)cc3)nc3ccccc32)cc1. The van der Waals surface area contributed by atoms with Gasteiger partial charge in [-0.15, -0.1) is 0 Å². The number of rotatable bonds is 11. The van der Waals surface area contributed by atoms with Gasteiger partial charge in [0.15, 0.2) is 0 Å². The molecule has 4 rings (SSSR count). The second-order valence-electron chi connectivity index (χ2n) is 8.59. The molecule has 0 aliphatic rings. The molecular formula is C29H33N3O3. The Labute approximate surface area is 206 Å². The molecule has 0 fully saturated rings.